The van der Waals surface area contributed by atoms with Crippen molar-refractivity contribution in [3.05, 3.63) is 0 Å². The Balaban J connectivity index is 0.00000121. The molecule has 1 heterocycles. The van der Waals surface area contributed by atoms with E-state index in [4.69, 9.17) is 5.41 Å². The Hall–Kier alpha value is 0.420. The van der Waals surface area contributed by atoms with Crippen molar-refractivity contribution < 1.29 is 28.6 Å². The molecule has 1 unspecified atom stereocenters. The number of hydrogen-bond donors (Lipinski definition) is 1. The van der Waals surface area contributed by atoms with Gasteiger partial charge in [0.1, 0.15) is 0 Å². The van der Waals surface area contributed by atoms with Crippen molar-refractivity contribution in [1.29, 1.82) is 5.41 Å². The lowest BCUT2D eigenvalue weighted by atomic mass is 10.1. The molecule has 1 N–H and O–H groups in total. The summed E-state index contributed by atoms with van der Waals surface area (Å²) in [4.78, 5) is 0. The lowest BCUT2D eigenvalue weighted by Crippen LogP contribution is -3.00. The maximum absolute atomic E-state index is 7.58. The van der Waals surface area contributed by atoms with E-state index in [2.05, 4.69) is 20.8 Å². The van der Waals surface area contributed by atoms with E-state index in [1.54, 1.807) is 11.8 Å². The Labute approximate surface area is 95.3 Å². The van der Waals surface area contributed by atoms with Gasteiger partial charge in [0.05, 0.1) is 18.0 Å². The highest BCUT2D eigenvalue weighted by Gasteiger charge is 2.33. The van der Waals surface area contributed by atoms with Gasteiger partial charge in [-0.05, 0) is 24.6 Å². The molecular weight excluding hydrogens is 283 g/mol. The van der Waals surface area contributed by atoms with Gasteiger partial charge in [0.2, 0.25) is 0 Å². The molecule has 0 saturated carbocycles. The van der Waals surface area contributed by atoms with E-state index in [0.717, 1.165) is 0 Å². The van der Waals surface area contributed by atoms with Crippen molar-refractivity contribution >= 4 is 22.6 Å². The Morgan fingerprint density at radius 3 is 2.17 bits per heavy atom. The van der Waals surface area contributed by atoms with Gasteiger partial charge in [0.25, 0.3) is 0 Å². The first-order chi connectivity index (χ1) is 5.04. The van der Waals surface area contributed by atoms with E-state index in [0.29, 0.717) is 16.3 Å². The highest BCUT2D eigenvalue weighted by molar-refractivity contribution is 8.14. The van der Waals surface area contributed by atoms with E-state index in [1.807, 2.05) is 11.6 Å². The molecule has 0 fully saturated rings. The van der Waals surface area contributed by atoms with Gasteiger partial charge in [-0.2, -0.15) is 0 Å². The van der Waals surface area contributed by atoms with Crippen LogP contribution in [0.1, 0.15) is 20.8 Å². The lowest BCUT2D eigenvalue weighted by Gasteiger charge is -2.09. The number of nitrogens with one attached hydrogen (secondary N) is 1. The van der Waals surface area contributed by atoms with E-state index < -0.39 is 0 Å². The quantitative estimate of drug-likeness (QED) is 0.478. The molecule has 1 aliphatic heterocycles. The van der Waals surface area contributed by atoms with Crippen molar-refractivity contribution in [1.82, 2.24) is 0 Å². The van der Waals surface area contributed by atoms with Crippen LogP contribution >= 0.6 is 11.8 Å². The minimum atomic E-state index is 0. The van der Waals surface area contributed by atoms with Gasteiger partial charge in [0.15, 0.2) is 0 Å². The fourth-order valence-corrected chi connectivity index (χ4v) is 2.40. The van der Waals surface area contributed by atoms with Gasteiger partial charge in [-0.1, -0.05) is 19.3 Å². The monoisotopic (exact) mass is 298 g/mol. The fraction of sp³-hybridized carbons (Fsp3) is 0.750. The number of nitrogens with zero attached hydrogens (tertiary/aromatic N) is 1. The van der Waals surface area contributed by atoms with Crippen LogP contribution in [0.5, 0.6) is 0 Å². The Morgan fingerprint density at radius 2 is 2.00 bits per heavy atom. The summed E-state index contributed by atoms with van der Waals surface area (Å²) in [5.74, 6) is 0.630. The summed E-state index contributed by atoms with van der Waals surface area (Å²) in [5, 5.41) is 8.78. The third-order valence-corrected chi connectivity index (χ3v) is 3.73. The highest BCUT2D eigenvalue weighted by Crippen LogP contribution is 2.27. The molecule has 4 heteroatoms. The molecule has 0 saturated heterocycles. The average molecular weight is 298 g/mol. The molecular formula is C8H15IN2S. The molecule has 70 valence electrons. The Bertz CT molecular complexity index is 223. The first-order valence-corrected chi connectivity index (χ1v) is 4.74. The van der Waals surface area contributed by atoms with Crippen LogP contribution in [0, 0.1) is 11.3 Å². The molecule has 1 atom stereocenters. The SMILES string of the molecule is CC1=[N+](C)C(=N)SC1C(C)C.[I-]. The zero-order chi connectivity index (χ0) is 8.59. The zero-order valence-electron chi connectivity index (χ0n) is 7.89. The molecule has 0 aromatic carbocycles. The zero-order valence-corrected chi connectivity index (χ0v) is 10.9. The third kappa shape index (κ3) is 2.22. The summed E-state index contributed by atoms with van der Waals surface area (Å²) in [5.41, 5.74) is 1.31. The molecule has 0 bridgehead atoms. The van der Waals surface area contributed by atoms with Gasteiger partial charge in [-0.15, -0.1) is 0 Å². The van der Waals surface area contributed by atoms with Crippen LogP contribution in [-0.4, -0.2) is 27.8 Å². The Kier molecular flexibility index (Phi) is 4.76. The third-order valence-electron chi connectivity index (χ3n) is 2.09. The van der Waals surface area contributed by atoms with Gasteiger partial charge in [-0.3, -0.25) is 0 Å². The number of hydrogen-bond acceptors (Lipinski definition) is 2. The van der Waals surface area contributed by atoms with Crippen LogP contribution in [0.2, 0.25) is 0 Å². The number of amidine groups is 1. The Morgan fingerprint density at radius 1 is 1.50 bits per heavy atom. The van der Waals surface area contributed by atoms with E-state index in [-0.39, 0.29) is 24.0 Å². The van der Waals surface area contributed by atoms with Crippen molar-refractivity contribution in [3.63, 3.8) is 0 Å². The molecule has 12 heavy (non-hydrogen) atoms. The van der Waals surface area contributed by atoms with Crippen LogP contribution in [0.15, 0.2) is 0 Å². The normalized spacial score (nSPS) is 23.4. The molecule has 0 amide bonds. The summed E-state index contributed by atoms with van der Waals surface area (Å²) < 4.78 is 1.97. The topological polar surface area (TPSA) is 26.9 Å². The van der Waals surface area contributed by atoms with E-state index in [9.17, 15) is 0 Å². The predicted octanol–water partition coefficient (Wildman–Crippen LogP) is -1.20. The molecule has 1 aliphatic rings. The first-order valence-electron chi connectivity index (χ1n) is 3.86. The summed E-state index contributed by atoms with van der Waals surface area (Å²) in [7, 11) is 1.97. The van der Waals surface area contributed by atoms with Crippen molar-refractivity contribution in [3.8, 4) is 0 Å². The summed E-state index contributed by atoms with van der Waals surface area (Å²) in [6, 6.07) is 0. The standard InChI is InChI=1S/C8H15N2S.HI/c1-5(2)7-6(3)10(4)8(9)11-7;/h5,7,9H,1-4H3;1H/q+1;/p-1. The largest absolute Gasteiger partial charge is 1.00 e. The summed E-state index contributed by atoms with van der Waals surface area (Å²) in [6.45, 7) is 6.51. The minimum Gasteiger partial charge on any atom is -1.00 e. The predicted molar refractivity (Wildman–Crippen MR) is 50.8 cm³/mol. The van der Waals surface area contributed by atoms with E-state index in [1.165, 1.54) is 5.71 Å². The maximum atomic E-state index is 7.58. The van der Waals surface area contributed by atoms with Crippen LogP contribution in [0.25, 0.3) is 0 Å². The first kappa shape index (κ1) is 12.4. The van der Waals surface area contributed by atoms with E-state index >= 15 is 0 Å². The van der Waals surface area contributed by atoms with Crippen molar-refractivity contribution in [2.24, 2.45) is 5.92 Å². The highest BCUT2D eigenvalue weighted by atomic mass is 127. The number of thioether (sulfide) groups is 1. The van der Waals surface area contributed by atoms with Gasteiger partial charge < -0.3 is 24.0 Å². The molecule has 0 aromatic heterocycles. The van der Waals surface area contributed by atoms with Crippen LogP contribution < -0.4 is 24.0 Å². The average Bonchev–Trinajstić information content (AvgIpc) is 2.17. The fourth-order valence-electron chi connectivity index (χ4n) is 1.25. The molecule has 0 aliphatic carbocycles. The maximum Gasteiger partial charge on any atom is 0.351 e. The smallest absolute Gasteiger partial charge is 0.351 e. The van der Waals surface area contributed by atoms with Crippen molar-refractivity contribution in [2.45, 2.75) is 26.0 Å². The molecule has 0 aromatic rings. The molecule has 2 nitrogen and oxygen atoms in total. The lowest BCUT2D eigenvalue weighted by molar-refractivity contribution is -0.365. The van der Waals surface area contributed by atoms with Gasteiger partial charge >= 0.3 is 5.17 Å². The van der Waals surface area contributed by atoms with Crippen molar-refractivity contribution in [2.75, 3.05) is 7.05 Å². The van der Waals surface area contributed by atoms with Crippen LogP contribution in [-0.2, 0) is 0 Å². The second kappa shape index (κ2) is 4.60. The van der Waals surface area contributed by atoms with Gasteiger partial charge in [-0.25, -0.2) is 4.58 Å². The van der Waals surface area contributed by atoms with Gasteiger partial charge in [0, 0.05) is 0 Å². The summed E-state index contributed by atoms with van der Waals surface area (Å²) >= 11 is 1.66. The number of halogens is 1. The van der Waals surface area contributed by atoms with Crippen LogP contribution in [0.4, 0.5) is 0 Å². The minimum absolute atomic E-state index is 0. The molecule has 0 radical (unpaired) electrons. The second-order valence-electron chi connectivity index (χ2n) is 3.29. The molecule has 1 rings (SSSR count). The molecule has 0 spiro atoms. The number of rotatable bonds is 1. The van der Waals surface area contributed by atoms with Crippen LogP contribution in [0.3, 0.4) is 0 Å². The summed E-state index contributed by atoms with van der Waals surface area (Å²) in [6.07, 6.45) is 0. The second-order valence-corrected chi connectivity index (χ2v) is 4.42.